The molecule has 1 amide bonds. The van der Waals surface area contributed by atoms with E-state index in [0.29, 0.717) is 6.54 Å². The monoisotopic (exact) mass is 211 g/mol. The van der Waals surface area contributed by atoms with Crippen LogP contribution in [0.4, 0.5) is 0 Å². The molecule has 0 aliphatic rings. The molecule has 2 atom stereocenters. The van der Waals surface area contributed by atoms with Gasteiger partial charge in [-0.25, -0.2) is 0 Å². The van der Waals surface area contributed by atoms with Gasteiger partial charge in [0, 0.05) is 25.5 Å². The maximum atomic E-state index is 11.6. The fourth-order valence-corrected chi connectivity index (χ4v) is 1.12. The number of hydrogen-bond acceptors (Lipinski definition) is 3. The van der Waals surface area contributed by atoms with Crippen LogP contribution in [0.15, 0.2) is 18.5 Å². The van der Waals surface area contributed by atoms with E-state index >= 15 is 0 Å². The minimum Gasteiger partial charge on any atom is -0.396 e. The fourth-order valence-electron chi connectivity index (χ4n) is 1.12. The molecule has 0 saturated heterocycles. The smallest absolute Gasteiger partial charge is 0.244 e. The number of amides is 1. The van der Waals surface area contributed by atoms with Gasteiger partial charge >= 0.3 is 0 Å². The molecule has 5 heteroatoms. The predicted octanol–water partition coefficient (Wildman–Crippen LogP) is 0.189. The third kappa shape index (κ3) is 3.36. The Bertz CT molecular complexity index is 298. The van der Waals surface area contributed by atoms with Crippen molar-refractivity contribution in [1.82, 2.24) is 15.1 Å². The summed E-state index contributed by atoms with van der Waals surface area (Å²) in [7, 11) is 0. The van der Waals surface area contributed by atoms with Gasteiger partial charge in [-0.1, -0.05) is 6.92 Å². The number of carbonyl (C=O) groups excluding carboxylic acids is 1. The standard InChI is InChI=1S/C10H17N3O2/c1-8(7-14)6-11-10(15)9(2)13-5-3-4-12-13/h3-5,8-9,14H,6-7H2,1-2H3,(H,11,15). The summed E-state index contributed by atoms with van der Waals surface area (Å²) in [5.41, 5.74) is 0. The van der Waals surface area contributed by atoms with Crippen LogP contribution in [0, 0.1) is 5.92 Å². The Kier molecular flexibility index (Phi) is 4.30. The fraction of sp³-hybridized carbons (Fsp3) is 0.600. The van der Waals surface area contributed by atoms with Gasteiger partial charge in [-0.3, -0.25) is 9.48 Å². The molecular weight excluding hydrogens is 194 g/mol. The van der Waals surface area contributed by atoms with E-state index < -0.39 is 0 Å². The zero-order valence-corrected chi connectivity index (χ0v) is 9.05. The van der Waals surface area contributed by atoms with Crippen LogP contribution in [0.3, 0.4) is 0 Å². The molecule has 2 N–H and O–H groups in total. The van der Waals surface area contributed by atoms with E-state index in [1.54, 1.807) is 30.1 Å². The highest BCUT2D eigenvalue weighted by Crippen LogP contribution is 2.03. The van der Waals surface area contributed by atoms with Crippen molar-refractivity contribution in [2.75, 3.05) is 13.2 Å². The highest BCUT2D eigenvalue weighted by Gasteiger charge is 2.14. The molecule has 0 radical (unpaired) electrons. The summed E-state index contributed by atoms with van der Waals surface area (Å²) in [6, 6.07) is 1.46. The molecule has 0 spiro atoms. The van der Waals surface area contributed by atoms with E-state index in [4.69, 9.17) is 5.11 Å². The van der Waals surface area contributed by atoms with Crippen molar-refractivity contribution in [3.05, 3.63) is 18.5 Å². The summed E-state index contributed by atoms with van der Waals surface area (Å²) in [6.45, 7) is 4.22. The molecule has 0 bridgehead atoms. The molecule has 0 fully saturated rings. The molecule has 0 aromatic carbocycles. The SMILES string of the molecule is CC(CO)CNC(=O)C(C)n1cccn1. The van der Waals surface area contributed by atoms with Crippen molar-refractivity contribution < 1.29 is 9.90 Å². The van der Waals surface area contributed by atoms with E-state index in [1.807, 2.05) is 6.92 Å². The molecule has 1 heterocycles. The summed E-state index contributed by atoms with van der Waals surface area (Å²) >= 11 is 0. The first-order valence-electron chi connectivity index (χ1n) is 5.03. The van der Waals surface area contributed by atoms with Gasteiger partial charge in [0.15, 0.2) is 0 Å². The second-order valence-corrected chi connectivity index (χ2v) is 3.69. The first kappa shape index (κ1) is 11.7. The third-order valence-corrected chi connectivity index (χ3v) is 2.24. The molecule has 1 aromatic rings. The Hall–Kier alpha value is -1.36. The molecule has 2 unspecified atom stereocenters. The molecule has 0 aliphatic carbocycles. The van der Waals surface area contributed by atoms with Crippen molar-refractivity contribution in [3.8, 4) is 0 Å². The number of nitrogens with one attached hydrogen (secondary N) is 1. The number of hydrogen-bond donors (Lipinski definition) is 2. The molecule has 0 aliphatic heterocycles. The Morgan fingerprint density at radius 3 is 2.87 bits per heavy atom. The normalized spacial score (nSPS) is 14.6. The van der Waals surface area contributed by atoms with Crippen molar-refractivity contribution in [2.24, 2.45) is 5.92 Å². The van der Waals surface area contributed by atoms with Crippen molar-refractivity contribution in [2.45, 2.75) is 19.9 Å². The molecular formula is C10H17N3O2. The van der Waals surface area contributed by atoms with Gasteiger partial charge in [-0.05, 0) is 18.9 Å². The van der Waals surface area contributed by atoms with Crippen LogP contribution in [0.1, 0.15) is 19.9 Å². The zero-order valence-electron chi connectivity index (χ0n) is 9.05. The summed E-state index contributed by atoms with van der Waals surface area (Å²) in [6.07, 6.45) is 3.39. The quantitative estimate of drug-likeness (QED) is 0.730. The second-order valence-electron chi connectivity index (χ2n) is 3.69. The summed E-state index contributed by atoms with van der Waals surface area (Å²) in [4.78, 5) is 11.6. The lowest BCUT2D eigenvalue weighted by Crippen LogP contribution is -2.34. The van der Waals surface area contributed by atoms with E-state index in [1.165, 1.54) is 0 Å². The summed E-state index contributed by atoms with van der Waals surface area (Å²) in [5, 5.41) is 15.6. The average molecular weight is 211 g/mol. The van der Waals surface area contributed by atoms with Gasteiger partial charge in [0.1, 0.15) is 6.04 Å². The highest BCUT2D eigenvalue weighted by molar-refractivity contribution is 5.79. The van der Waals surface area contributed by atoms with Crippen LogP contribution < -0.4 is 5.32 Å². The zero-order chi connectivity index (χ0) is 11.3. The lowest BCUT2D eigenvalue weighted by molar-refractivity contribution is -0.124. The van der Waals surface area contributed by atoms with E-state index in [9.17, 15) is 4.79 Å². The van der Waals surface area contributed by atoms with Gasteiger partial charge in [-0.2, -0.15) is 5.10 Å². The van der Waals surface area contributed by atoms with Crippen LogP contribution in [0.2, 0.25) is 0 Å². The first-order chi connectivity index (χ1) is 7.15. The highest BCUT2D eigenvalue weighted by atomic mass is 16.3. The average Bonchev–Trinajstić information content (AvgIpc) is 2.77. The number of rotatable bonds is 5. The van der Waals surface area contributed by atoms with Gasteiger partial charge < -0.3 is 10.4 Å². The molecule has 84 valence electrons. The van der Waals surface area contributed by atoms with Gasteiger partial charge in [-0.15, -0.1) is 0 Å². The second kappa shape index (κ2) is 5.50. The Morgan fingerprint density at radius 1 is 1.60 bits per heavy atom. The molecule has 15 heavy (non-hydrogen) atoms. The number of carbonyl (C=O) groups is 1. The van der Waals surface area contributed by atoms with Gasteiger partial charge in [0.25, 0.3) is 0 Å². The topological polar surface area (TPSA) is 67.2 Å². The largest absolute Gasteiger partial charge is 0.396 e. The lowest BCUT2D eigenvalue weighted by atomic mass is 10.2. The number of aromatic nitrogens is 2. The van der Waals surface area contributed by atoms with E-state index in [-0.39, 0.29) is 24.5 Å². The molecule has 5 nitrogen and oxygen atoms in total. The van der Waals surface area contributed by atoms with Gasteiger partial charge in [0.2, 0.25) is 5.91 Å². The maximum Gasteiger partial charge on any atom is 0.244 e. The molecule has 1 rings (SSSR count). The Morgan fingerprint density at radius 2 is 2.33 bits per heavy atom. The Balaban J connectivity index is 2.41. The number of nitrogens with zero attached hydrogens (tertiary/aromatic N) is 2. The van der Waals surface area contributed by atoms with Crippen LogP contribution in [0.5, 0.6) is 0 Å². The maximum absolute atomic E-state index is 11.6. The van der Waals surface area contributed by atoms with Gasteiger partial charge in [0.05, 0.1) is 0 Å². The number of aliphatic hydroxyl groups excluding tert-OH is 1. The minimum absolute atomic E-state index is 0.0798. The lowest BCUT2D eigenvalue weighted by Gasteiger charge is -2.14. The van der Waals surface area contributed by atoms with E-state index in [0.717, 1.165) is 0 Å². The predicted molar refractivity (Wildman–Crippen MR) is 56.2 cm³/mol. The summed E-state index contributed by atoms with van der Waals surface area (Å²) < 4.78 is 1.60. The third-order valence-electron chi connectivity index (χ3n) is 2.24. The number of aliphatic hydroxyl groups is 1. The van der Waals surface area contributed by atoms with Crippen LogP contribution in [-0.4, -0.2) is 33.9 Å². The van der Waals surface area contributed by atoms with Crippen molar-refractivity contribution in [1.29, 1.82) is 0 Å². The van der Waals surface area contributed by atoms with Crippen LogP contribution in [0.25, 0.3) is 0 Å². The first-order valence-corrected chi connectivity index (χ1v) is 5.03. The summed E-state index contributed by atoms with van der Waals surface area (Å²) in [5.74, 6) is -0.00206. The van der Waals surface area contributed by atoms with Crippen LogP contribution in [-0.2, 0) is 4.79 Å². The van der Waals surface area contributed by atoms with E-state index in [2.05, 4.69) is 10.4 Å². The minimum atomic E-state index is -0.314. The van der Waals surface area contributed by atoms with Crippen molar-refractivity contribution >= 4 is 5.91 Å². The van der Waals surface area contributed by atoms with Crippen LogP contribution >= 0.6 is 0 Å². The molecule has 1 aromatic heterocycles. The Labute approximate surface area is 89.1 Å². The van der Waals surface area contributed by atoms with Crippen molar-refractivity contribution in [3.63, 3.8) is 0 Å². The molecule has 0 saturated carbocycles.